The molecule has 2 heterocycles. The topological polar surface area (TPSA) is 91.3 Å². The molecule has 0 amide bonds. The van der Waals surface area contributed by atoms with Gasteiger partial charge in [-0.3, -0.25) is 4.18 Å². The van der Waals surface area contributed by atoms with Crippen LogP contribution in [0.3, 0.4) is 0 Å². The predicted octanol–water partition coefficient (Wildman–Crippen LogP) is 0.938. The van der Waals surface area contributed by atoms with Gasteiger partial charge in [-0.05, 0) is 32.9 Å². The van der Waals surface area contributed by atoms with E-state index < -0.39 is 40.5 Å². The molecule has 128 valence electrons. The zero-order chi connectivity index (χ0) is 16.8. The fraction of sp³-hybridized carbons (Fsp3) is 0.600. The first-order valence-electron chi connectivity index (χ1n) is 7.33. The fourth-order valence-corrected chi connectivity index (χ4v) is 3.54. The van der Waals surface area contributed by atoms with Crippen LogP contribution in [0.4, 0.5) is 0 Å². The predicted molar refractivity (Wildman–Crippen MR) is 79.0 cm³/mol. The van der Waals surface area contributed by atoms with Crippen LogP contribution < -0.4 is 0 Å². The minimum Gasteiger partial charge on any atom is -0.387 e. The van der Waals surface area contributed by atoms with Crippen LogP contribution in [-0.2, 0) is 28.5 Å². The molecule has 1 aromatic rings. The van der Waals surface area contributed by atoms with Gasteiger partial charge in [0, 0.05) is 0 Å². The highest BCUT2D eigenvalue weighted by Gasteiger charge is 2.54. The second-order valence-corrected chi connectivity index (χ2v) is 7.80. The Balaban J connectivity index is 1.62. The quantitative estimate of drug-likeness (QED) is 0.813. The van der Waals surface area contributed by atoms with Crippen molar-refractivity contribution in [1.29, 1.82) is 0 Å². The van der Waals surface area contributed by atoms with E-state index in [4.69, 9.17) is 18.4 Å². The first-order valence-corrected chi connectivity index (χ1v) is 8.74. The van der Waals surface area contributed by atoms with Gasteiger partial charge in [0.15, 0.2) is 12.1 Å². The Morgan fingerprint density at radius 2 is 1.87 bits per heavy atom. The minimum atomic E-state index is -3.91. The number of rotatable bonds is 4. The summed E-state index contributed by atoms with van der Waals surface area (Å²) in [5.41, 5.74) is 0.947. The van der Waals surface area contributed by atoms with Gasteiger partial charge in [-0.25, -0.2) is 0 Å². The molecule has 0 unspecified atom stereocenters. The molecule has 8 heteroatoms. The highest BCUT2D eigenvalue weighted by Crippen LogP contribution is 2.37. The van der Waals surface area contributed by atoms with Crippen LogP contribution in [0, 0.1) is 6.92 Å². The second kappa shape index (κ2) is 5.80. The first kappa shape index (κ1) is 16.8. The summed E-state index contributed by atoms with van der Waals surface area (Å²) in [6.45, 7) is 4.99. The molecule has 0 bridgehead atoms. The van der Waals surface area contributed by atoms with Gasteiger partial charge in [-0.1, -0.05) is 17.7 Å². The van der Waals surface area contributed by atoms with Crippen molar-refractivity contribution in [3.05, 3.63) is 29.8 Å². The normalized spacial score (nSPS) is 32.9. The Morgan fingerprint density at radius 3 is 2.48 bits per heavy atom. The Morgan fingerprint density at radius 1 is 1.22 bits per heavy atom. The molecule has 2 fully saturated rings. The van der Waals surface area contributed by atoms with E-state index in [0.717, 1.165) is 5.56 Å². The number of aliphatic hydroxyl groups excluding tert-OH is 1. The summed E-state index contributed by atoms with van der Waals surface area (Å²) in [7, 11) is -3.91. The highest BCUT2D eigenvalue weighted by molar-refractivity contribution is 7.86. The molecule has 2 saturated heterocycles. The lowest BCUT2D eigenvalue weighted by Gasteiger charge is -2.22. The zero-order valence-corrected chi connectivity index (χ0v) is 13.9. The Kier molecular flexibility index (Phi) is 4.24. The number of fused-ring (bicyclic) bond motifs is 1. The summed E-state index contributed by atoms with van der Waals surface area (Å²) in [6.07, 6.45) is -3.23. The van der Waals surface area contributed by atoms with Crippen LogP contribution in [0.5, 0.6) is 0 Å². The standard InChI is InChI=1S/C15H20O7S/c1-9-4-6-10(7-5-9)23(17,18)19-8-11-12(16)13-14(20-11)22-15(2,3)21-13/h4-7,11-14,16H,8H2,1-3H3/t11-,12+,13-,14-/m0/s1. The van der Waals surface area contributed by atoms with Crippen LogP contribution in [-0.4, -0.2) is 50.5 Å². The van der Waals surface area contributed by atoms with E-state index in [1.807, 2.05) is 6.92 Å². The highest BCUT2D eigenvalue weighted by atomic mass is 32.2. The van der Waals surface area contributed by atoms with E-state index in [0.29, 0.717) is 0 Å². The first-order chi connectivity index (χ1) is 10.7. The molecule has 0 aliphatic carbocycles. The number of ether oxygens (including phenoxy) is 3. The third-order valence-electron chi connectivity index (χ3n) is 3.81. The van der Waals surface area contributed by atoms with Gasteiger partial charge in [0.25, 0.3) is 10.1 Å². The van der Waals surface area contributed by atoms with Gasteiger partial charge in [0.05, 0.1) is 11.5 Å². The summed E-state index contributed by atoms with van der Waals surface area (Å²) >= 11 is 0. The maximum atomic E-state index is 12.1. The average Bonchev–Trinajstić information content (AvgIpc) is 2.91. The fourth-order valence-electron chi connectivity index (χ4n) is 2.63. The molecule has 23 heavy (non-hydrogen) atoms. The average molecular weight is 344 g/mol. The van der Waals surface area contributed by atoms with E-state index in [9.17, 15) is 13.5 Å². The lowest BCUT2D eigenvalue weighted by atomic mass is 10.1. The molecule has 1 aromatic carbocycles. The van der Waals surface area contributed by atoms with Crippen LogP contribution in [0.2, 0.25) is 0 Å². The molecule has 4 atom stereocenters. The van der Waals surface area contributed by atoms with Gasteiger partial charge >= 0.3 is 0 Å². The van der Waals surface area contributed by atoms with Gasteiger partial charge < -0.3 is 19.3 Å². The van der Waals surface area contributed by atoms with Crippen LogP contribution in [0.25, 0.3) is 0 Å². The summed E-state index contributed by atoms with van der Waals surface area (Å²) in [4.78, 5) is 0.0596. The summed E-state index contributed by atoms with van der Waals surface area (Å²) in [5, 5.41) is 10.2. The Bertz CT molecular complexity index is 668. The monoisotopic (exact) mass is 344 g/mol. The largest absolute Gasteiger partial charge is 0.387 e. The van der Waals surface area contributed by atoms with Gasteiger partial charge in [0.1, 0.15) is 18.3 Å². The van der Waals surface area contributed by atoms with Crippen molar-refractivity contribution in [1.82, 2.24) is 0 Å². The van der Waals surface area contributed by atoms with Crippen LogP contribution >= 0.6 is 0 Å². The van der Waals surface area contributed by atoms with Gasteiger partial charge in [-0.2, -0.15) is 8.42 Å². The maximum absolute atomic E-state index is 12.1. The molecule has 2 aliphatic heterocycles. The van der Waals surface area contributed by atoms with Crippen molar-refractivity contribution in [2.24, 2.45) is 0 Å². The molecular formula is C15H20O7S. The van der Waals surface area contributed by atoms with Crippen molar-refractivity contribution in [2.45, 2.75) is 56.1 Å². The molecular weight excluding hydrogens is 324 g/mol. The summed E-state index contributed by atoms with van der Waals surface area (Å²) in [5.74, 6) is -0.837. The molecule has 3 rings (SSSR count). The zero-order valence-electron chi connectivity index (χ0n) is 13.1. The molecule has 0 saturated carbocycles. The number of hydrogen-bond acceptors (Lipinski definition) is 7. The van der Waals surface area contributed by atoms with E-state index in [-0.39, 0.29) is 11.5 Å². The van der Waals surface area contributed by atoms with E-state index >= 15 is 0 Å². The Hall–Kier alpha value is -1.03. The van der Waals surface area contributed by atoms with Gasteiger partial charge in [0.2, 0.25) is 0 Å². The van der Waals surface area contributed by atoms with E-state index in [1.165, 1.54) is 12.1 Å². The third kappa shape index (κ3) is 3.42. The van der Waals surface area contributed by atoms with Crippen LogP contribution in [0.15, 0.2) is 29.2 Å². The van der Waals surface area contributed by atoms with Crippen LogP contribution in [0.1, 0.15) is 19.4 Å². The van der Waals surface area contributed by atoms with Crippen molar-refractivity contribution in [3.63, 3.8) is 0 Å². The van der Waals surface area contributed by atoms with Crippen molar-refractivity contribution >= 4 is 10.1 Å². The molecule has 7 nitrogen and oxygen atoms in total. The van der Waals surface area contributed by atoms with Crippen molar-refractivity contribution < 1.29 is 31.9 Å². The molecule has 0 aromatic heterocycles. The Labute approximate surface area is 135 Å². The molecule has 2 aliphatic rings. The minimum absolute atomic E-state index is 0.0596. The van der Waals surface area contributed by atoms with Gasteiger partial charge in [-0.15, -0.1) is 0 Å². The third-order valence-corrected chi connectivity index (χ3v) is 5.11. The van der Waals surface area contributed by atoms with E-state index in [1.54, 1.807) is 26.0 Å². The summed E-state index contributed by atoms with van der Waals surface area (Å²) in [6, 6.07) is 6.32. The number of hydrogen-bond donors (Lipinski definition) is 1. The molecule has 0 radical (unpaired) electrons. The number of aliphatic hydroxyl groups is 1. The van der Waals surface area contributed by atoms with Crippen molar-refractivity contribution in [3.8, 4) is 0 Å². The molecule has 1 N–H and O–H groups in total. The molecule has 0 spiro atoms. The second-order valence-electron chi connectivity index (χ2n) is 6.19. The van der Waals surface area contributed by atoms with E-state index in [2.05, 4.69) is 0 Å². The number of benzene rings is 1. The lowest BCUT2D eigenvalue weighted by Crippen LogP contribution is -2.37. The van der Waals surface area contributed by atoms with Crippen molar-refractivity contribution in [2.75, 3.05) is 6.61 Å². The smallest absolute Gasteiger partial charge is 0.297 e. The number of aryl methyl sites for hydroxylation is 1. The lowest BCUT2D eigenvalue weighted by molar-refractivity contribution is -0.217. The SMILES string of the molecule is Cc1ccc(S(=O)(=O)OC[C@@H]2O[C@H]3OC(C)(C)O[C@H]3[C@@H]2O)cc1. The maximum Gasteiger partial charge on any atom is 0.297 e. The summed E-state index contributed by atoms with van der Waals surface area (Å²) < 4.78 is 45.8.